The molecule has 0 atom stereocenters. The van der Waals surface area contributed by atoms with Crippen LogP contribution in [0.5, 0.6) is 0 Å². The van der Waals surface area contributed by atoms with Crippen LogP contribution in [-0.2, 0) is 16.6 Å². The van der Waals surface area contributed by atoms with Gasteiger partial charge >= 0.3 is 0 Å². The van der Waals surface area contributed by atoms with Crippen molar-refractivity contribution in [3.05, 3.63) is 65.6 Å². The Bertz CT molecular complexity index is 1340. The number of allylic oxidation sites excluding steroid dienone is 1. The average molecular weight is 473 g/mol. The Balaban J connectivity index is 2.32. The maximum atomic E-state index is 14.4. The zero-order valence-corrected chi connectivity index (χ0v) is 20.3. The fourth-order valence-corrected chi connectivity index (χ4v) is 4.76. The molecule has 2 aromatic carbocycles. The molecule has 7 nitrogen and oxygen atoms in total. The maximum absolute atomic E-state index is 14.4. The van der Waals surface area contributed by atoms with Gasteiger partial charge in [0.1, 0.15) is 5.83 Å². The summed E-state index contributed by atoms with van der Waals surface area (Å²) in [4.78, 5) is 14.2. The van der Waals surface area contributed by atoms with Crippen molar-refractivity contribution in [2.45, 2.75) is 18.4 Å². The first-order chi connectivity index (χ1) is 15.5. The highest BCUT2D eigenvalue weighted by molar-refractivity contribution is 7.89. The minimum atomic E-state index is -3.64. The van der Waals surface area contributed by atoms with E-state index in [1.54, 1.807) is 44.4 Å². The predicted octanol–water partition coefficient (Wildman–Crippen LogP) is 3.38. The van der Waals surface area contributed by atoms with E-state index in [1.165, 1.54) is 31.1 Å². The minimum Gasteiger partial charge on any atom is -0.345 e. The molecule has 0 aliphatic rings. The largest absolute Gasteiger partial charge is 0.345 e. The first kappa shape index (κ1) is 24.6. The van der Waals surface area contributed by atoms with E-state index in [4.69, 9.17) is 5.73 Å². The summed E-state index contributed by atoms with van der Waals surface area (Å²) in [5, 5.41) is 0.736. The molecule has 1 aromatic heterocycles. The van der Waals surface area contributed by atoms with E-state index in [2.05, 4.69) is 0 Å². The smallest absolute Gasteiger partial charge is 0.253 e. The van der Waals surface area contributed by atoms with Crippen LogP contribution in [0.25, 0.3) is 22.0 Å². The third-order valence-electron chi connectivity index (χ3n) is 5.53. The number of nitrogens with zero attached hydrogens (tertiary/aromatic N) is 3. The highest BCUT2D eigenvalue weighted by Gasteiger charge is 2.22. The van der Waals surface area contributed by atoms with E-state index < -0.39 is 10.0 Å². The number of sulfonamides is 1. The number of amides is 1. The second-order valence-corrected chi connectivity index (χ2v) is 10.3. The fourth-order valence-electron chi connectivity index (χ4n) is 3.81. The molecule has 0 fully saturated rings. The lowest BCUT2D eigenvalue weighted by molar-refractivity contribution is 0.0827. The van der Waals surface area contributed by atoms with Crippen LogP contribution in [0.3, 0.4) is 0 Å². The van der Waals surface area contributed by atoms with Crippen molar-refractivity contribution in [1.82, 2.24) is 13.8 Å². The summed E-state index contributed by atoms with van der Waals surface area (Å²) < 4.78 is 42.8. The Kier molecular flexibility index (Phi) is 7.06. The molecule has 0 aliphatic heterocycles. The van der Waals surface area contributed by atoms with Crippen LogP contribution >= 0.6 is 0 Å². The Labute approximate surface area is 193 Å². The van der Waals surface area contributed by atoms with Crippen molar-refractivity contribution in [2.24, 2.45) is 5.73 Å². The van der Waals surface area contributed by atoms with Crippen molar-refractivity contribution >= 4 is 26.8 Å². The molecule has 3 aromatic rings. The van der Waals surface area contributed by atoms with E-state index in [0.717, 1.165) is 26.5 Å². The first-order valence-corrected chi connectivity index (χ1v) is 11.8. The van der Waals surface area contributed by atoms with E-state index in [-0.39, 0.29) is 29.7 Å². The molecule has 176 valence electrons. The van der Waals surface area contributed by atoms with Crippen molar-refractivity contribution in [2.75, 3.05) is 34.7 Å². The predicted molar refractivity (Wildman–Crippen MR) is 129 cm³/mol. The quantitative estimate of drug-likeness (QED) is 0.571. The summed E-state index contributed by atoms with van der Waals surface area (Å²) in [5.74, 6) is -0.534. The summed E-state index contributed by atoms with van der Waals surface area (Å²) in [7, 11) is 2.66. The maximum Gasteiger partial charge on any atom is 0.253 e. The molecule has 0 unspecified atom stereocenters. The second kappa shape index (κ2) is 9.46. The number of benzene rings is 2. The van der Waals surface area contributed by atoms with Gasteiger partial charge in [0, 0.05) is 62.5 Å². The molecule has 0 bridgehead atoms. The van der Waals surface area contributed by atoms with Crippen LogP contribution in [0.4, 0.5) is 4.39 Å². The molecule has 0 aliphatic carbocycles. The third-order valence-corrected chi connectivity index (χ3v) is 7.34. The van der Waals surface area contributed by atoms with Gasteiger partial charge in [-0.15, -0.1) is 0 Å². The number of hydrogen-bond donors (Lipinski definition) is 1. The van der Waals surface area contributed by atoms with Gasteiger partial charge in [0.15, 0.2) is 0 Å². The number of carbonyl (C=O) groups excluding carboxylic acids is 1. The van der Waals surface area contributed by atoms with Crippen LogP contribution in [0.1, 0.15) is 16.1 Å². The van der Waals surface area contributed by atoms with Crippen molar-refractivity contribution in [1.29, 1.82) is 0 Å². The summed E-state index contributed by atoms with van der Waals surface area (Å²) in [5.41, 5.74) is 8.85. The summed E-state index contributed by atoms with van der Waals surface area (Å²) >= 11 is 0. The normalized spacial score (nSPS) is 12.5. The van der Waals surface area contributed by atoms with E-state index in [0.29, 0.717) is 11.1 Å². The molecule has 3 rings (SSSR count). The van der Waals surface area contributed by atoms with Gasteiger partial charge in [0.2, 0.25) is 10.0 Å². The van der Waals surface area contributed by atoms with Crippen LogP contribution < -0.4 is 5.73 Å². The Morgan fingerprint density at radius 3 is 2.42 bits per heavy atom. The SMILES string of the molecule is Cc1c(-c2cccc(S(=O)(=O)N(C)C)c2)c2cc(C(=O)N(C)C)ccc2n1CC(F)=CCN. The number of hydrogen-bond acceptors (Lipinski definition) is 4. The van der Waals surface area contributed by atoms with E-state index in [1.807, 2.05) is 17.6 Å². The fraction of sp³-hybridized carbons (Fsp3) is 0.292. The molecule has 0 saturated heterocycles. The summed E-state index contributed by atoms with van der Waals surface area (Å²) in [6.07, 6.45) is 1.32. The van der Waals surface area contributed by atoms with Gasteiger partial charge in [-0.1, -0.05) is 12.1 Å². The zero-order chi connectivity index (χ0) is 24.5. The lowest BCUT2D eigenvalue weighted by Crippen LogP contribution is -2.22. The topological polar surface area (TPSA) is 88.6 Å². The molecule has 0 radical (unpaired) electrons. The Morgan fingerprint density at radius 1 is 1.12 bits per heavy atom. The second-order valence-electron chi connectivity index (χ2n) is 8.18. The standard InChI is InChI=1S/C24H29FN4O3S/c1-16-23(17-7-6-8-20(13-17)33(31,32)28(4)5)21-14-18(24(30)27(2)3)9-10-22(21)29(16)15-19(25)11-12-26/h6-11,13-14H,12,15,26H2,1-5H3. The highest BCUT2D eigenvalue weighted by Crippen LogP contribution is 2.37. The van der Waals surface area contributed by atoms with Crippen molar-refractivity contribution in [3.63, 3.8) is 0 Å². The Hall–Kier alpha value is -3.01. The van der Waals surface area contributed by atoms with Crippen molar-refractivity contribution in [3.8, 4) is 11.1 Å². The number of rotatable bonds is 7. The zero-order valence-electron chi connectivity index (χ0n) is 19.5. The van der Waals surface area contributed by atoms with Crippen LogP contribution in [0.2, 0.25) is 0 Å². The molecule has 33 heavy (non-hydrogen) atoms. The number of nitrogens with two attached hydrogens (primary N) is 1. The monoisotopic (exact) mass is 472 g/mol. The third kappa shape index (κ3) is 4.71. The molecule has 0 saturated carbocycles. The molecular weight excluding hydrogens is 443 g/mol. The molecule has 0 spiro atoms. The van der Waals surface area contributed by atoms with Crippen LogP contribution in [-0.4, -0.2) is 62.8 Å². The number of halogens is 1. The lowest BCUT2D eigenvalue weighted by Gasteiger charge is -2.13. The summed E-state index contributed by atoms with van der Waals surface area (Å²) in [6, 6.07) is 11.9. The average Bonchev–Trinajstić information content (AvgIpc) is 3.03. The number of fused-ring (bicyclic) bond motifs is 1. The van der Waals surface area contributed by atoms with E-state index in [9.17, 15) is 17.6 Å². The molecule has 1 heterocycles. The minimum absolute atomic E-state index is 0.0177. The van der Waals surface area contributed by atoms with Gasteiger partial charge in [-0.05, 0) is 48.9 Å². The molecular formula is C24H29FN4O3S. The molecule has 1 amide bonds. The van der Waals surface area contributed by atoms with E-state index >= 15 is 0 Å². The van der Waals surface area contributed by atoms with Crippen LogP contribution in [0, 0.1) is 6.92 Å². The number of carbonyl (C=O) groups is 1. The molecule has 2 N–H and O–H groups in total. The first-order valence-electron chi connectivity index (χ1n) is 10.4. The number of aromatic nitrogens is 1. The van der Waals surface area contributed by atoms with Gasteiger partial charge < -0.3 is 15.2 Å². The molecule has 9 heteroatoms. The van der Waals surface area contributed by atoms with Gasteiger partial charge in [-0.3, -0.25) is 4.79 Å². The van der Waals surface area contributed by atoms with Crippen LogP contribution in [0.15, 0.2) is 59.3 Å². The highest BCUT2D eigenvalue weighted by atomic mass is 32.2. The van der Waals surface area contributed by atoms with Gasteiger partial charge in [0.05, 0.1) is 11.4 Å². The van der Waals surface area contributed by atoms with Crippen molar-refractivity contribution < 1.29 is 17.6 Å². The summed E-state index contributed by atoms with van der Waals surface area (Å²) in [6.45, 7) is 1.92. The Morgan fingerprint density at radius 2 is 1.82 bits per heavy atom. The van der Waals surface area contributed by atoms with Gasteiger partial charge in [-0.2, -0.15) is 0 Å². The van der Waals surface area contributed by atoms with Gasteiger partial charge in [0.25, 0.3) is 5.91 Å². The van der Waals surface area contributed by atoms with Gasteiger partial charge in [-0.25, -0.2) is 17.1 Å². The lowest BCUT2D eigenvalue weighted by atomic mass is 10.0.